The molecule has 1 atom stereocenters. The molecule has 0 bridgehead atoms. The Labute approximate surface area is 84.3 Å². The van der Waals surface area contributed by atoms with Crippen LogP contribution in [-0.4, -0.2) is 23.0 Å². The molecule has 1 heterocycles. The first-order valence-electron chi connectivity index (χ1n) is 4.32. The molecule has 78 valence electrons. The summed E-state index contributed by atoms with van der Waals surface area (Å²) in [6.07, 6.45) is 2.99. The molecule has 0 aromatic heterocycles. The second-order valence-electron chi connectivity index (χ2n) is 3.18. The van der Waals surface area contributed by atoms with Crippen molar-refractivity contribution in [2.45, 2.75) is 12.5 Å². The number of halogens is 1. The molecule has 0 saturated carbocycles. The van der Waals surface area contributed by atoms with Crippen molar-refractivity contribution in [1.29, 1.82) is 0 Å². The molecule has 1 aliphatic carbocycles. The molecule has 1 N–H and O–H groups in total. The summed E-state index contributed by atoms with van der Waals surface area (Å²) in [5.41, 5.74) is -0.0949. The molecule has 0 amide bonds. The summed E-state index contributed by atoms with van der Waals surface area (Å²) in [7, 11) is 0. The van der Waals surface area contributed by atoms with Crippen LogP contribution in [0.4, 0.5) is 4.39 Å². The molecule has 0 aromatic carbocycles. The molecule has 0 spiro atoms. The van der Waals surface area contributed by atoms with E-state index >= 15 is 0 Å². The number of ether oxygens (including phenoxy) is 1. The van der Waals surface area contributed by atoms with Crippen LogP contribution in [0.25, 0.3) is 0 Å². The third-order valence-corrected chi connectivity index (χ3v) is 2.20. The fraction of sp³-hybridized carbons (Fsp3) is 0.200. The average molecular weight is 210 g/mol. The fourth-order valence-corrected chi connectivity index (χ4v) is 1.54. The van der Waals surface area contributed by atoms with Gasteiger partial charge < -0.3 is 9.84 Å². The van der Waals surface area contributed by atoms with Crippen molar-refractivity contribution in [3.63, 3.8) is 0 Å². The number of fused-ring (bicyclic) bond motifs is 1. The Kier molecular flexibility index (Phi) is 2.15. The molecule has 4 nitrogen and oxygen atoms in total. The first kappa shape index (κ1) is 9.64. The molecular formula is C10H7FO4. The van der Waals surface area contributed by atoms with Gasteiger partial charge in [0.05, 0.1) is 5.57 Å². The number of carbonyl (C=O) groups is 2. The highest BCUT2D eigenvalue weighted by Gasteiger charge is 2.33. The van der Waals surface area contributed by atoms with Gasteiger partial charge in [-0.25, -0.2) is 9.18 Å². The van der Waals surface area contributed by atoms with Crippen LogP contribution < -0.4 is 0 Å². The van der Waals surface area contributed by atoms with Crippen LogP contribution in [0, 0.1) is 0 Å². The maximum absolute atomic E-state index is 13.2. The lowest BCUT2D eigenvalue weighted by Crippen LogP contribution is -2.29. The normalized spacial score (nSPS) is 24.5. The lowest BCUT2D eigenvalue weighted by Gasteiger charge is -2.25. The Balaban J connectivity index is 2.42. The summed E-state index contributed by atoms with van der Waals surface area (Å²) in [6, 6.07) is 0. The first-order chi connectivity index (χ1) is 7.09. The number of carboxylic acid groups (broad SMARTS) is 1. The first-order valence-corrected chi connectivity index (χ1v) is 4.32. The minimum Gasteiger partial charge on any atom is -0.478 e. The number of ketones is 1. The van der Waals surface area contributed by atoms with Gasteiger partial charge >= 0.3 is 5.97 Å². The average Bonchev–Trinajstić information content (AvgIpc) is 2.17. The maximum Gasteiger partial charge on any atom is 0.371 e. The highest BCUT2D eigenvalue weighted by molar-refractivity contribution is 6.09. The Morgan fingerprint density at radius 1 is 1.60 bits per heavy atom. The summed E-state index contributed by atoms with van der Waals surface area (Å²) in [6.45, 7) is 0. The predicted octanol–water partition coefficient (Wildman–Crippen LogP) is 1.11. The van der Waals surface area contributed by atoms with Crippen molar-refractivity contribution < 1.29 is 23.8 Å². The maximum atomic E-state index is 13.2. The van der Waals surface area contributed by atoms with Gasteiger partial charge in [0.2, 0.25) is 5.76 Å². The van der Waals surface area contributed by atoms with Gasteiger partial charge in [-0.15, -0.1) is 0 Å². The number of aliphatic carboxylic acids is 1. The van der Waals surface area contributed by atoms with Crippen LogP contribution in [-0.2, 0) is 14.3 Å². The zero-order chi connectivity index (χ0) is 11.0. The number of carboxylic acids is 1. The van der Waals surface area contributed by atoms with Crippen LogP contribution in [0.1, 0.15) is 6.42 Å². The van der Waals surface area contributed by atoms with Gasteiger partial charge in [-0.05, 0) is 6.08 Å². The topological polar surface area (TPSA) is 63.6 Å². The smallest absolute Gasteiger partial charge is 0.371 e. The second-order valence-corrected chi connectivity index (χ2v) is 3.18. The number of carbonyl (C=O) groups excluding carboxylic acids is 1. The van der Waals surface area contributed by atoms with E-state index in [1.54, 1.807) is 0 Å². The van der Waals surface area contributed by atoms with Crippen LogP contribution in [0.3, 0.4) is 0 Å². The predicted molar refractivity (Wildman–Crippen MR) is 47.5 cm³/mol. The Hall–Kier alpha value is -1.91. The summed E-state index contributed by atoms with van der Waals surface area (Å²) in [5, 5.41) is 8.64. The molecule has 5 heteroatoms. The molecule has 1 unspecified atom stereocenters. The number of hydrogen-bond donors (Lipinski definition) is 1. The van der Waals surface area contributed by atoms with Crippen LogP contribution in [0.15, 0.2) is 35.4 Å². The van der Waals surface area contributed by atoms with Gasteiger partial charge in [0.15, 0.2) is 5.78 Å². The van der Waals surface area contributed by atoms with Crippen molar-refractivity contribution in [1.82, 2.24) is 0 Å². The molecule has 0 radical (unpaired) electrons. The monoisotopic (exact) mass is 210 g/mol. The third-order valence-electron chi connectivity index (χ3n) is 2.20. The Bertz CT molecular complexity index is 431. The Morgan fingerprint density at radius 3 is 3.00 bits per heavy atom. The van der Waals surface area contributed by atoms with Crippen molar-refractivity contribution in [3.05, 3.63) is 35.4 Å². The van der Waals surface area contributed by atoms with E-state index in [1.807, 2.05) is 0 Å². The van der Waals surface area contributed by atoms with Crippen molar-refractivity contribution in [2.24, 2.45) is 0 Å². The number of hydrogen-bond acceptors (Lipinski definition) is 3. The van der Waals surface area contributed by atoms with Crippen LogP contribution >= 0.6 is 0 Å². The van der Waals surface area contributed by atoms with Crippen molar-refractivity contribution in [2.75, 3.05) is 0 Å². The van der Waals surface area contributed by atoms with Crippen molar-refractivity contribution in [3.8, 4) is 0 Å². The zero-order valence-corrected chi connectivity index (χ0v) is 7.57. The molecular weight excluding hydrogens is 203 g/mol. The highest BCUT2D eigenvalue weighted by atomic mass is 19.1. The molecule has 0 aromatic rings. The van der Waals surface area contributed by atoms with Gasteiger partial charge in [0.25, 0.3) is 0 Å². The van der Waals surface area contributed by atoms with Gasteiger partial charge in [-0.3, -0.25) is 4.79 Å². The molecule has 15 heavy (non-hydrogen) atoms. The summed E-state index contributed by atoms with van der Waals surface area (Å²) in [5.74, 6) is -3.04. The lowest BCUT2D eigenvalue weighted by molar-refractivity contribution is -0.138. The largest absolute Gasteiger partial charge is 0.478 e. The Morgan fingerprint density at radius 2 is 2.33 bits per heavy atom. The second kappa shape index (κ2) is 3.34. The van der Waals surface area contributed by atoms with E-state index < -0.39 is 29.4 Å². The molecule has 0 saturated heterocycles. The van der Waals surface area contributed by atoms with E-state index in [0.717, 1.165) is 6.08 Å². The summed E-state index contributed by atoms with van der Waals surface area (Å²) in [4.78, 5) is 22.0. The summed E-state index contributed by atoms with van der Waals surface area (Å²) < 4.78 is 18.2. The standard InChI is InChI=1S/C10H7FO4/c11-5-2-1-3-7-9(5)6(12)4-8(15-7)10(13)14/h1-2,4,7H,3H2,(H,13,14). The minimum atomic E-state index is -1.32. The third kappa shape index (κ3) is 1.56. The molecule has 0 fully saturated rings. The SMILES string of the molecule is O=C(O)C1=CC(=O)C2=C(F)C=CCC2O1. The zero-order valence-electron chi connectivity index (χ0n) is 7.57. The fourth-order valence-electron chi connectivity index (χ4n) is 1.54. The van der Waals surface area contributed by atoms with E-state index in [-0.39, 0.29) is 5.57 Å². The minimum absolute atomic E-state index is 0.0949. The van der Waals surface area contributed by atoms with Gasteiger partial charge in [-0.1, -0.05) is 6.08 Å². The lowest BCUT2D eigenvalue weighted by atomic mass is 9.94. The molecule has 2 aliphatic rings. The van der Waals surface area contributed by atoms with Crippen molar-refractivity contribution >= 4 is 11.8 Å². The summed E-state index contributed by atoms with van der Waals surface area (Å²) >= 11 is 0. The van der Waals surface area contributed by atoms with E-state index in [9.17, 15) is 14.0 Å². The van der Waals surface area contributed by atoms with E-state index in [2.05, 4.69) is 0 Å². The van der Waals surface area contributed by atoms with Gasteiger partial charge in [0.1, 0.15) is 11.9 Å². The van der Waals surface area contributed by atoms with E-state index in [1.165, 1.54) is 12.2 Å². The number of allylic oxidation sites excluding steroid dienone is 3. The van der Waals surface area contributed by atoms with Crippen LogP contribution in [0.5, 0.6) is 0 Å². The van der Waals surface area contributed by atoms with E-state index in [0.29, 0.717) is 6.42 Å². The molecule has 1 aliphatic heterocycles. The van der Waals surface area contributed by atoms with Crippen LogP contribution in [0.2, 0.25) is 0 Å². The van der Waals surface area contributed by atoms with Gasteiger partial charge in [-0.2, -0.15) is 0 Å². The van der Waals surface area contributed by atoms with E-state index in [4.69, 9.17) is 9.84 Å². The number of rotatable bonds is 1. The highest BCUT2D eigenvalue weighted by Crippen LogP contribution is 2.29. The van der Waals surface area contributed by atoms with Gasteiger partial charge in [0, 0.05) is 12.5 Å². The quantitative estimate of drug-likeness (QED) is 0.704. The molecule has 2 rings (SSSR count).